The third-order valence-corrected chi connectivity index (χ3v) is 1.68. The predicted molar refractivity (Wildman–Crippen MR) is 54.0 cm³/mol. The van der Waals surface area contributed by atoms with Crippen molar-refractivity contribution in [2.75, 3.05) is 13.7 Å². The highest BCUT2D eigenvalue weighted by Gasteiger charge is 2.09. The fourth-order valence-electron chi connectivity index (χ4n) is 0.920. The van der Waals surface area contributed by atoms with E-state index in [0.717, 1.165) is 0 Å². The van der Waals surface area contributed by atoms with Gasteiger partial charge in [0.2, 0.25) is 11.7 Å². The van der Waals surface area contributed by atoms with Gasteiger partial charge in [-0.3, -0.25) is 4.79 Å². The van der Waals surface area contributed by atoms with E-state index in [-0.39, 0.29) is 18.5 Å². The van der Waals surface area contributed by atoms with E-state index in [4.69, 9.17) is 9.47 Å². The van der Waals surface area contributed by atoms with Crippen LogP contribution in [0.15, 0.2) is 12.4 Å². The Morgan fingerprint density at radius 3 is 2.80 bits per heavy atom. The molecule has 1 aromatic rings. The Morgan fingerprint density at radius 1 is 1.47 bits per heavy atom. The molecular weight excluding hydrogens is 196 g/mol. The van der Waals surface area contributed by atoms with Gasteiger partial charge in [-0.1, -0.05) is 0 Å². The number of aromatic nitrogens is 2. The van der Waals surface area contributed by atoms with Crippen LogP contribution in [0.5, 0.6) is 5.88 Å². The maximum Gasteiger partial charge on any atom is 0.216 e. The Morgan fingerprint density at radius 2 is 2.20 bits per heavy atom. The molecule has 15 heavy (non-hydrogen) atoms. The number of nitrogens with zero attached hydrogens (tertiary/aromatic N) is 2. The van der Waals surface area contributed by atoms with Crippen LogP contribution in [0.3, 0.4) is 0 Å². The van der Waals surface area contributed by atoms with Crippen LogP contribution in [0.25, 0.3) is 0 Å². The molecular formula is C10H14N2O3. The largest absolute Gasteiger partial charge is 0.481 e. The van der Waals surface area contributed by atoms with Crippen LogP contribution < -0.4 is 4.74 Å². The smallest absolute Gasteiger partial charge is 0.216 e. The van der Waals surface area contributed by atoms with Gasteiger partial charge in [-0.15, -0.1) is 0 Å². The maximum absolute atomic E-state index is 11.5. The second kappa shape index (κ2) is 5.41. The van der Waals surface area contributed by atoms with Crippen LogP contribution in [0.4, 0.5) is 0 Å². The number of hydrogen-bond donors (Lipinski definition) is 0. The van der Waals surface area contributed by atoms with Gasteiger partial charge in [0, 0.05) is 6.07 Å². The molecule has 0 spiro atoms. The summed E-state index contributed by atoms with van der Waals surface area (Å²) in [6.45, 7) is 3.76. The van der Waals surface area contributed by atoms with Gasteiger partial charge in [0.05, 0.1) is 13.2 Å². The van der Waals surface area contributed by atoms with Crippen molar-refractivity contribution in [2.24, 2.45) is 0 Å². The molecule has 0 aliphatic rings. The lowest BCUT2D eigenvalue weighted by atomic mass is 10.3. The highest BCUT2D eigenvalue weighted by Crippen LogP contribution is 2.06. The van der Waals surface area contributed by atoms with Crippen LogP contribution in [0.1, 0.15) is 24.3 Å². The molecule has 5 nitrogen and oxygen atoms in total. The summed E-state index contributed by atoms with van der Waals surface area (Å²) in [4.78, 5) is 19.2. The molecule has 1 rings (SSSR count). The Balaban J connectivity index is 2.65. The van der Waals surface area contributed by atoms with E-state index in [1.54, 1.807) is 0 Å². The molecule has 1 aromatic heterocycles. The van der Waals surface area contributed by atoms with E-state index in [2.05, 4.69) is 9.97 Å². The zero-order valence-corrected chi connectivity index (χ0v) is 9.06. The fraction of sp³-hybridized carbons (Fsp3) is 0.500. The molecule has 1 heterocycles. The average molecular weight is 210 g/mol. The van der Waals surface area contributed by atoms with E-state index in [9.17, 15) is 4.79 Å². The summed E-state index contributed by atoms with van der Waals surface area (Å²) in [7, 11) is 1.49. The van der Waals surface area contributed by atoms with Crippen molar-refractivity contribution < 1.29 is 14.3 Å². The number of ketones is 1. The van der Waals surface area contributed by atoms with Gasteiger partial charge in [0.15, 0.2) is 0 Å². The van der Waals surface area contributed by atoms with Gasteiger partial charge < -0.3 is 9.47 Å². The number of ether oxygens (including phenoxy) is 2. The van der Waals surface area contributed by atoms with Gasteiger partial charge in [0.1, 0.15) is 18.6 Å². The Labute approximate surface area is 88.4 Å². The molecule has 0 aliphatic carbocycles. The maximum atomic E-state index is 11.5. The van der Waals surface area contributed by atoms with E-state index >= 15 is 0 Å². The minimum absolute atomic E-state index is 0.0256. The summed E-state index contributed by atoms with van der Waals surface area (Å²) >= 11 is 0. The SMILES string of the molecule is COc1cc(C(=O)COC(C)C)ncn1. The van der Waals surface area contributed by atoms with Gasteiger partial charge in [-0.05, 0) is 13.8 Å². The van der Waals surface area contributed by atoms with Crippen molar-refractivity contribution in [1.29, 1.82) is 0 Å². The molecule has 0 amide bonds. The van der Waals surface area contributed by atoms with Crippen molar-refractivity contribution in [3.05, 3.63) is 18.1 Å². The second-order valence-electron chi connectivity index (χ2n) is 3.23. The van der Waals surface area contributed by atoms with E-state index in [1.807, 2.05) is 13.8 Å². The molecule has 5 heteroatoms. The summed E-state index contributed by atoms with van der Waals surface area (Å²) in [6, 6.07) is 1.49. The lowest BCUT2D eigenvalue weighted by Gasteiger charge is -2.06. The number of methoxy groups -OCH3 is 1. The molecule has 0 saturated heterocycles. The molecule has 0 atom stereocenters. The van der Waals surface area contributed by atoms with Crippen LogP contribution in [0, 0.1) is 0 Å². The molecule has 0 aromatic carbocycles. The summed E-state index contributed by atoms with van der Waals surface area (Å²) in [5, 5.41) is 0. The standard InChI is InChI=1S/C10H14N2O3/c1-7(2)15-5-9(13)8-4-10(14-3)12-6-11-8/h4,6-7H,5H2,1-3H3. The first-order valence-corrected chi connectivity index (χ1v) is 4.64. The third kappa shape index (κ3) is 3.63. The number of hydrogen-bond acceptors (Lipinski definition) is 5. The monoisotopic (exact) mass is 210 g/mol. The van der Waals surface area contributed by atoms with Gasteiger partial charge in [-0.2, -0.15) is 0 Å². The summed E-state index contributed by atoms with van der Waals surface area (Å²) in [5.41, 5.74) is 0.308. The van der Waals surface area contributed by atoms with Gasteiger partial charge in [0.25, 0.3) is 0 Å². The molecule has 0 fully saturated rings. The van der Waals surface area contributed by atoms with Crippen LogP contribution in [0.2, 0.25) is 0 Å². The molecule has 0 N–H and O–H groups in total. The lowest BCUT2D eigenvalue weighted by Crippen LogP contribution is -2.14. The van der Waals surface area contributed by atoms with Crippen LogP contribution in [-0.4, -0.2) is 35.6 Å². The normalized spacial score (nSPS) is 10.4. The number of rotatable bonds is 5. The lowest BCUT2D eigenvalue weighted by molar-refractivity contribution is 0.0580. The highest BCUT2D eigenvalue weighted by atomic mass is 16.5. The average Bonchev–Trinajstić information content (AvgIpc) is 2.26. The summed E-state index contributed by atoms with van der Waals surface area (Å²) in [6.07, 6.45) is 1.32. The molecule has 0 radical (unpaired) electrons. The van der Waals surface area contributed by atoms with E-state index < -0.39 is 0 Å². The Bertz CT molecular complexity index is 339. The summed E-state index contributed by atoms with van der Waals surface area (Å²) < 4.78 is 10.1. The van der Waals surface area contributed by atoms with E-state index in [1.165, 1.54) is 19.5 Å². The number of carbonyl (C=O) groups excluding carboxylic acids is 1. The minimum Gasteiger partial charge on any atom is -0.481 e. The molecule has 0 saturated carbocycles. The predicted octanol–water partition coefficient (Wildman–Crippen LogP) is 1.09. The van der Waals surface area contributed by atoms with Crippen molar-refractivity contribution >= 4 is 5.78 Å². The second-order valence-corrected chi connectivity index (χ2v) is 3.23. The Hall–Kier alpha value is -1.49. The first kappa shape index (κ1) is 11.6. The summed E-state index contributed by atoms with van der Waals surface area (Å²) in [5.74, 6) is 0.197. The van der Waals surface area contributed by atoms with Crippen molar-refractivity contribution in [3.8, 4) is 5.88 Å². The molecule has 82 valence electrons. The van der Waals surface area contributed by atoms with Crippen LogP contribution >= 0.6 is 0 Å². The third-order valence-electron chi connectivity index (χ3n) is 1.68. The zero-order chi connectivity index (χ0) is 11.3. The van der Waals surface area contributed by atoms with Crippen LogP contribution in [-0.2, 0) is 4.74 Å². The fourth-order valence-corrected chi connectivity index (χ4v) is 0.920. The van der Waals surface area contributed by atoms with E-state index in [0.29, 0.717) is 11.6 Å². The minimum atomic E-state index is -0.176. The van der Waals surface area contributed by atoms with Crippen molar-refractivity contribution in [3.63, 3.8) is 0 Å². The number of carbonyl (C=O) groups is 1. The van der Waals surface area contributed by atoms with Crippen molar-refractivity contribution in [1.82, 2.24) is 9.97 Å². The first-order valence-electron chi connectivity index (χ1n) is 4.64. The Kier molecular flexibility index (Phi) is 4.17. The van der Waals surface area contributed by atoms with Gasteiger partial charge >= 0.3 is 0 Å². The number of Topliss-reactive ketones (excluding diaryl/α,β-unsaturated/α-hetero) is 1. The highest BCUT2D eigenvalue weighted by molar-refractivity contribution is 5.95. The topological polar surface area (TPSA) is 61.3 Å². The van der Waals surface area contributed by atoms with Gasteiger partial charge in [-0.25, -0.2) is 9.97 Å². The molecule has 0 bridgehead atoms. The molecule has 0 unspecified atom stereocenters. The molecule has 0 aliphatic heterocycles. The quantitative estimate of drug-likeness (QED) is 0.681. The van der Waals surface area contributed by atoms with Crippen molar-refractivity contribution in [2.45, 2.75) is 20.0 Å². The first-order chi connectivity index (χ1) is 7.13. The zero-order valence-electron chi connectivity index (χ0n) is 9.06.